The number of nitrogens with one attached hydrogen (secondary N) is 2. The fourth-order valence-electron chi connectivity index (χ4n) is 4.40. The molecule has 0 aliphatic carbocycles. The Balaban J connectivity index is 1.21. The zero-order valence-corrected chi connectivity index (χ0v) is 19.0. The Kier molecular flexibility index (Phi) is 7.23. The minimum Gasteiger partial charge on any atom is -0.356 e. The van der Waals surface area contributed by atoms with Gasteiger partial charge in [0, 0.05) is 63.7 Å². The first-order valence-electron chi connectivity index (χ1n) is 11.2. The van der Waals surface area contributed by atoms with E-state index in [1.807, 2.05) is 7.05 Å². The minimum absolute atomic E-state index is 0.427. The number of benzene rings is 1. The van der Waals surface area contributed by atoms with Crippen LogP contribution >= 0.6 is 11.3 Å². The molecule has 2 unspecified atom stereocenters. The van der Waals surface area contributed by atoms with E-state index in [1.165, 1.54) is 29.2 Å². The number of aliphatic imine (C=N–C) groups is 1. The zero-order valence-electron chi connectivity index (χ0n) is 18.2. The molecule has 2 fully saturated rings. The van der Waals surface area contributed by atoms with Crippen LogP contribution < -0.4 is 15.5 Å². The van der Waals surface area contributed by atoms with Crippen molar-refractivity contribution in [2.75, 3.05) is 38.1 Å². The van der Waals surface area contributed by atoms with Crippen molar-refractivity contribution < 1.29 is 0 Å². The van der Waals surface area contributed by atoms with Crippen LogP contribution in [0, 0.1) is 0 Å². The normalized spacial score (nSPS) is 22.6. The lowest BCUT2D eigenvalue weighted by Crippen LogP contribution is -2.45. The summed E-state index contributed by atoms with van der Waals surface area (Å²) >= 11 is 1.77. The highest BCUT2D eigenvalue weighted by molar-refractivity contribution is 7.13. The van der Waals surface area contributed by atoms with E-state index in [0.717, 1.165) is 51.5 Å². The number of aromatic nitrogens is 1. The van der Waals surface area contributed by atoms with Crippen molar-refractivity contribution >= 4 is 22.4 Å². The second-order valence-electron chi connectivity index (χ2n) is 8.41. The number of likely N-dealkylation sites (tertiary alicyclic amines) is 1. The van der Waals surface area contributed by atoms with Gasteiger partial charge < -0.3 is 15.5 Å². The molecule has 0 radical (unpaired) electrons. The van der Waals surface area contributed by atoms with E-state index in [0.29, 0.717) is 12.1 Å². The third-order valence-corrected chi connectivity index (χ3v) is 7.04. The van der Waals surface area contributed by atoms with Crippen molar-refractivity contribution in [3.05, 3.63) is 47.0 Å². The Morgan fingerprint density at radius 3 is 2.80 bits per heavy atom. The van der Waals surface area contributed by atoms with Crippen LogP contribution in [0.3, 0.4) is 0 Å². The molecular formula is C23H34N6S. The standard InChI is InChI=1S/C23H34N6S/c1-18-14-21(16-29(18)15-19-8-4-3-5-9-19)26-22(24-2)25-11-10-20-17-30-23(27-20)28-12-6-7-13-28/h3-5,8-9,17-18,21H,6-7,10-16H2,1-2H3,(H2,24,25,26). The maximum absolute atomic E-state index is 4.82. The number of guanidine groups is 1. The number of thiazole rings is 1. The quantitative estimate of drug-likeness (QED) is 0.526. The summed E-state index contributed by atoms with van der Waals surface area (Å²) in [6.45, 7) is 7.53. The molecule has 1 aromatic carbocycles. The van der Waals surface area contributed by atoms with Crippen LogP contribution in [-0.4, -0.2) is 61.2 Å². The lowest BCUT2D eigenvalue weighted by Gasteiger charge is -2.21. The van der Waals surface area contributed by atoms with E-state index in [1.54, 1.807) is 11.3 Å². The molecule has 4 rings (SSSR count). The monoisotopic (exact) mass is 426 g/mol. The molecule has 0 bridgehead atoms. The molecule has 2 atom stereocenters. The Labute approximate surface area is 184 Å². The maximum Gasteiger partial charge on any atom is 0.191 e. The van der Waals surface area contributed by atoms with E-state index in [-0.39, 0.29) is 0 Å². The van der Waals surface area contributed by atoms with Gasteiger partial charge in [0.15, 0.2) is 11.1 Å². The predicted molar refractivity (Wildman–Crippen MR) is 126 cm³/mol. The van der Waals surface area contributed by atoms with Crippen molar-refractivity contribution in [3.8, 4) is 0 Å². The fraction of sp³-hybridized carbons (Fsp3) is 0.565. The molecule has 0 saturated carbocycles. The fourth-order valence-corrected chi connectivity index (χ4v) is 5.32. The van der Waals surface area contributed by atoms with Gasteiger partial charge in [-0.15, -0.1) is 11.3 Å². The van der Waals surface area contributed by atoms with Gasteiger partial charge in [0.2, 0.25) is 0 Å². The number of nitrogens with zero attached hydrogens (tertiary/aromatic N) is 4. The van der Waals surface area contributed by atoms with Gasteiger partial charge in [-0.2, -0.15) is 0 Å². The number of anilines is 1. The average molecular weight is 427 g/mol. The maximum atomic E-state index is 4.82. The first-order valence-corrected chi connectivity index (χ1v) is 12.0. The first-order chi connectivity index (χ1) is 14.7. The van der Waals surface area contributed by atoms with Gasteiger partial charge >= 0.3 is 0 Å². The SMILES string of the molecule is CN=C(NCCc1csc(N2CCCC2)n1)NC1CC(C)N(Cc2ccccc2)C1. The smallest absolute Gasteiger partial charge is 0.191 e. The number of hydrogen-bond donors (Lipinski definition) is 2. The van der Waals surface area contributed by atoms with Crippen molar-refractivity contribution in [2.45, 2.75) is 51.2 Å². The van der Waals surface area contributed by atoms with Gasteiger partial charge in [0.1, 0.15) is 0 Å². The summed E-state index contributed by atoms with van der Waals surface area (Å²) in [7, 11) is 1.85. The summed E-state index contributed by atoms with van der Waals surface area (Å²) in [4.78, 5) is 14.2. The molecule has 30 heavy (non-hydrogen) atoms. The largest absolute Gasteiger partial charge is 0.356 e. The Morgan fingerprint density at radius 1 is 1.23 bits per heavy atom. The summed E-state index contributed by atoms with van der Waals surface area (Å²) in [6.07, 6.45) is 4.65. The summed E-state index contributed by atoms with van der Waals surface area (Å²) in [5.41, 5.74) is 2.55. The highest BCUT2D eigenvalue weighted by Crippen LogP contribution is 2.24. The van der Waals surface area contributed by atoms with Crippen LogP contribution in [0.2, 0.25) is 0 Å². The number of hydrogen-bond acceptors (Lipinski definition) is 5. The molecule has 2 aliphatic heterocycles. The highest BCUT2D eigenvalue weighted by Gasteiger charge is 2.29. The molecule has 162 valence electrons. The zero-order chi connectivity index (χ0) is 20.8. The molecule has 0 spiro atoms. The van der Waals surface area contributed by atoms with Gasteiger partial charge in [0.05, 0.1) is 5.69 Å². The molecule has 2 saturated heterocycles. The van der Waals surface area contributed by atoms with E-state index >= 15 is 0 Å². The van der Waals surface area contributed by atoms with Gasteiger partial charge in [-0.05, 0) is 31.7 Å². The topological polar surface area (TPSA) is 55.8 Å². The molecule has 7 heteroatoms. The molecule has 0 amide bonds. The minimum atomic E-state index is 0.427. The van der Waals surface area contributed by atoms with Gasteiger partial charge in [-0.3, -0.25) is 9.89 Å². The lowest BCUT2D eigenvalue weighted by molar-refractivity contribution is 0.258. The van der Waals surface area contributed by atoms with Crippen molar-refractivity contribution in [2.24, 2.45) is 4.99 Å². The van der Waals surface area contributed by atoms with Crippen LogP contribution in [0.15, 0.2) is 40.7 Å². The first kappa shape index (κ1) is 21.1. The van der Waals surface area contributed by atoms with Gasteiger partial charge in [-0.1, -0.05) is 30.3 Å². The molecule has 1 aromatic heterocycles. The van der Waals surface area contributed by atoms with E-state index in [9.17, 15) is 0 Å². The second-order valence-corrected chi connectivity index (χ2v) is 9.24. The van der Waals surface area contributed by atoms with Crippen molar-refractivity contribution in [3.63, 3.8) is 0 Å². The Morgan fingerprint density at radius 2 is 2.03 bits per heavy atom. The van der Waals surface area contributed by atoms with Crippen LogP contribution in [-0.2, 0) is 13.0 Å². The second kappa shape index (κ2) is 10.3. The predicted octanol–water partition coefficient (Wildman–Crippen LogP) is 3.11. The van der Waals surface area contributed by atoms with Crippen molar-refractivity contribution in [1.82, 2.24) is 20.5 Å². The third-order valence-electron chi connectivity index (χ3n) is 6.09. The van der Waals surface area contributed by atoms with Gasteiger partial charge in [0.25, 0.3) is 0 Å². The lowest BCUT2D eigenvalue weighted by atomic mass is 10.2. The van der Waals surface area contributed by atoms with Crippen LogP contribution in [0.5, 0.6) is 0 Å². The molecule has 3 heterocycles. The summed E-state index contributed by atoms with van der Waals surface area (Å²) in [6, 6.07) is 11.7. The van der Waals surface area contributed by atoms with Crippen molar-refractivity contribution in [1.29, 1.82) is 0 Å². The summed E-state index contributed by atoms with van der Waals surface area (Å²) < 4.78 is 0. The third kappa shape index (κ3) is 5.52. The molecular weight excluding hydrogens is 392 g/mol. The van der Waals surface area contributed by atoms with Gasteiger partial charge in [-0.25, -0.2) is 4.98 Å². The molecule has 6 nitrogen and oxygen atoms in total. The molecule has 2 aliphatic rings. The van der Waals surface area contributed by atoms with Crippen LogP contribution in [0.1, 0.15) is 37.4 Å². The summed E-state index contributed by atoms with van der Waals surface area (Å²) in [5, 5.41) is 10.5. The van der Waals surface area contributed by atoms with E-state index in [4.69, 9.17) is 4.98 Å². The van der Waals surface area contributed by atoms with E-state index < -0.39 is 0 Å². The Bertz CT molecular complexity index is 814. The molecule has 2 aromatic rings. The Hall–Kier alpha value is -2.12. The van der Waals surface area contributed by atoms with Crippen LogP contribution in [0.25, 0.3) is 0 Å². The molecule has 2 N–H and O–H groups in total. The van der Waals surface area contributed by atoms with E-state index in [2.05, 4.69) is 68.1 Å². The number of rotatable bonds is 7. The average Bonchev–Trinajstić information content (AvgIpc) is 3.50. The summed E-state index contributed by atoms with van der Waals surface area (Å²) in [5.74, 6) is 0.892. The highest BCUT2D eigenvalue weighted by atomic mass is 32.1. The van der Waals surface area contributed by atoms with Crippen LogP contribution in [0.4, 0.5) is 5.13 Å².